The summed E-state index contributed by atoms with van der Waals surface area (Å²) >= 11 is 0. The van der Waals surface area contributed by atoms with E-state index in [0.29, 0.717) is 0 Å². The van der Waals surface area contributed by atoms with Crippen LogP contribution in [0.4, 0.5) is 0 Å². The minimum atomic E-state index is 1.21. The molecule has 0 heterocycles. The second kappa shape index (κ2) is 12.5. The van der Waals surface area contributed by atoms with Gasteiger partial charge in [-0.25, -0.2) is 0 Å². The third-order valence-corrected chi connectivity index (χ3v) is 10.6. The molecule has 10 rings (SSSR count). The van der Waals surface area contributed by atoms with Crippen LogP contribution in [-0.4, -0.2) is 0 Å². The molecule has 0 atom stereocenters. The minimum absolute atomic E-state index is 1.21. The first kappa shape index (κ1) is 30.1. The molecule has 0 unspecified atom stereocenters. The third-order valence-electron chi connectivity index (χ3n) is 10.6. The summed E-state index contributed by atoms with van der Waals surface area (Å²) in [5.41, 5.74) is 12.2. The molecule has 0 saturated carbocycles. The van der Waals surface area contributed by atoms with Gasteiger partial charge in [-0.15, -0.1) is 0 Å². The molecule has 10 aromatic carbocycles. The van der Waals surface area contributed by atoms with Crippen LogP contribution in [0.25, 0.3) is 98.7 Å². The van der Waals surface area contributed by atoms with Crippen molar-refractivity contribution in [2.24, 2.45) is 0 Å². The normalized spacial score (nSPS) is 11.5. The lowest BCUT2D eigenvalue weighted by Gasteiger charge is -2.20. The van der Waals surface area contributed by atoms with Gasteiger partial charge in [0.25, 0.3) is 0 Å². The van der Waals surface area contributed by atoms with Gasteiger partial charge in [0.1, 0.15) is 0 Å². The van der Waals surface area contributed by atoms with Crippen molar-refractivity contribution in [2.45, 2.75) is 0 Å². The van der Waals surface area contributed by atoms with Gasteiger partial charge in [0, 0.05) is 0 Å². The van der Waals surface area contributed by atoms with Crippen molar-refractivity contribution in [1.82, 2.24) is 0 Å². The van der Waals surface area contributed by atoms with Crippen molar-refractivity contribution in [3.05, 3.63) is 206 Å². The molecular weight excluding hydrogens is 625 g/mol. The second-order valence-corrected chi connectivity index (χ2v) is 13.7. The summed E-state index contributed by atoms with van der Waals surface area (Å²) in [5.74, 6) is 0. The van der Waals surface area contributed by atoms with E-state index < -0.39 is 0 Å². The first-order valence-electron chi connectivity index (χ1n) is 18.0. The number of benzene rings is 10. The molecule has 0 fully saturated rings. The first-order valence-corrected chi connectivity index (χ1v) is 18.0. The van der Waals surface area contributed by atoms with E-state index in [2.05, 4.69) is 206 Å². The Balaban J connectivity index is 1.32. The van der Waals surface area contributed by atoms with E-state index in [4.69, 9.17) is 0 Å². The molecule has 0 nitrogen and oxygen atoms in total. The van der Waals surface area contributed by atoms with Gasteiger partial charge in [-0.3, -0.25) is 0 Å². The molecule has 0 heteroatoms. The summed E-state index contributed by atoms with van der Waals surface area (Å²) in [7, 11) is 0. The Labute approximate surface area is 303 Å². The van der Waals surface area contributed by atoms with Crippen LogP contribution in [0.1, 0.15) is 0 Å². The maximum atomic E-state index is 2.43. The van der Waals surface area contributed by atoms with E-state index in [1.54, 1.807) is 0 Å². The summed E-state index contributed by atoms with van der Waals surface area (Å²) in [4.78, 5) is 0. The second-order valence-electron chi connectivity index (χ2n) is 13.7. The van der Waals surface area contributed by atoms with Crippen LogP contribution < -0.4 is 0 Å². The molecule has 242 valence electrons. The number of fused-ring (bicyclic) bond motifs is 4. The Kier molecular flexibility index (Phi) is 7.25. The highest BCUT2D eigenvalue weighted by Crippen LogP contribution is 2.46. The molecule has 0 spiro atoms. The Morgan fingerprint density at radius 3 is 1.17 bits per heavy atom. The maximum Gasteiger partial charge on any atom is -0.00257 e. The highest BCUT2D eigenvalue weighted by molar-refractivity contribution is 6.22. The van der Waals surface area contributed by atoms with E-state index >= 15 is 0 Å². The van der Waals surface area contributed by atoms with Gasteiger partial charge in [-0.1, -0.05) is 170 Å². The largest absolute Gasteiger partial charge is 0.0622 e. The lowest BCUT2D eigenvalue weighted by atomic mass is 9.83. The van der Waals surface area contributed by atoms with Gasteiger partial charge in [-0.2, -0.15) is 0 Å². The van der Waals surface area contributed by atoms with Crippen molar-refractivity contribution >= 4 is 43.1 Å². The predicted octanol–water partition coefficient (Wildman–Crippen LogP) is 14.6. The van der Waals surface area contributed by atoms with Crippen molar-refractivity contribution < 1.29 is 0 Å². The van der Waals surface area contributed by atoms with E-state index in [1.807, 2.05) is 0 Å². The van der Waals surface area contributed by atoms with Gasteiger partial charge in [0.15, 0.2) is 0 Å². The Morgan fingerprint density at radius 2 is 0.577 bits per heavy atom. The fraction of sp³-hybridized carbons (Fsp3) is 0. The fourth-order valence-corrected chi connectivity index (χ4v) is 8.06. The Bertz CT molecular complexity index is 2880. The molecule has 0 amide bonds. The number of rotatable bonds is 5. The van der Waals surface area contributed by atoms with Crippen molar-refractivity contribution in [3.63, 3.8) is 0 Å². The van der Waals surface area contributed by atoms with E-state index in [-0.39, 0.29) is 0 Å². The van der Waals surface area contributed by atoms with Crippen LogP contribution >= 0.6 is 0 Å². The quantitative estimate of drug-likeness (QED) is 0.161. The molecule has 0 radical (unpaired) electrons. The number of hydrogen-bond acceptors (Lipinski definition) is 0. The van der Waals surface area contributed by atoms with E-state index in [0.717, 1.165) is 0 Å². The standard InChI is InChI=1S/C52H34/c1-3-13-35(14-4-1)44-31-45(36-15-5-2-6-16-36)33-46(32-44)52-48-22-12-11-21-47(48)51(43-26-24-38-18-8-10-20-40(38)30-43)49-28-27-42(34-50(49)52)41-25-23-37-17-7-9-19-39(37)29-41/h1-34H. The highest BCUT2D eigenvalue weighted by Gasteiger charge is 2.19. The first-order chi connectivity index (χ1) is 25.8. The molecule has 10 aromatic rings. The lowest BCUT2D eigenvalue weighted by Crippen LogP contribution is -1.93. The van der Waals surface area contributed by atoms with Gasteiger partial charge in [0.2, 0.25) is 0 Å². The van der Waals surface area contributed by atoms with Crippen LogP contribution in [0.5, 0.6) is 0 Å². The molecule has 0 aliphatic heterocycles. The summed E-state index contributed by atoms with van der Waals surface area (Å²) < 4.78 is 0. The average molecular weight is 659 g/mol. The molecule has 0 bridgehead atoms. The molecule has 0 aliphatic carbocycles. The summed E-state index contributed by atoms with van der Waals surface area (Å²) in [5, 5.41) is 10.0. The van der Waals surface area contributed by atoms with Crippen LogP contribution in [-0.2, 0) is 0 Å². The van der Waals surface area contributed by atoms with Gasteiger partial charge < -0.3 is 0 Å². The smallest absolute Gasteiger partial charge is 0.00257 e. The maximum absolute atomic E-state index is 2.43. The zero-order chi connectivity index (χ0) is 34.4. The van der Waals surface area contributed by atoms with Crippen LogP contribution in [0.15, 0.2) is 206 Å². The third kappa shape index (κ3) is 5.25. The van der Waals surface area contributed by atoms with Gasteiger partial charge >= 0.3 is 0 Å². The van der Waals surface area contributed by atoms with E-state index in [9.17, 15) is 0 Å². The van der Waals surface area contributed by atoms with E-state index in [1.165, 1.54) is 98.7 Å². The van der Waals surface area contributed by atoms with Crippen LogP contribution in [0, 0.1) is 0 Å². The molecular formula is C52H34. The zero-order valence-electron chi connectivity index (χ0n) is 28.6. The topological polar surface area (TPSA) is 0 Å². The SMILES string of the molecule is c1ccc(-c2cc(-c3ccccc3)cc(-c3c4ccccc4c(-c4ccc5ccccc5c4)c4ccc(-c5ccc6ccccc6c5)cc34)c2)cc1. The molecule has 52 heavy (non-hydrogen) atoms. The van der Waals surface area contributed by atoms with Crippen molar-refractivity contribution in [2.75, 3.05) is 0 Å². The minimum Gasteiger partial charge on any atom is -0.0622 e. The monoisotopic (exact) mass is 658 g/mol. The summed E-state index contributed by atoms with van der Waals surface area (Å²) in [6.07, 6.45) is 0. The Morgan fingerprint density at radius 1 is 0.173 bits per heavy atom. The zero-order valence-corrected chi connectivity index (χ0v) is 28.6. The van der Waals surface area contributed by atoms with Crippen molar-refractivity contribution in [3.8, 4) is 55.6 Å². The molecule has 0 saturated heterocycles. The predicted molar refractivity (Wildman–Crippen MR) is 224 cm³/mol. The molecule has 0 N–H and O–H groups in total. The summed E-state index contributed by atoms with van der Waals surface area (Å²) in [6, 6.07) is 75.8. The fourth-order valence-electron chi connectivity index (χ4n) is 8.06. The highest BCUT2D eigenvalue weighted by atomic mass is 14.2. The lowest BCUT2D eigenvalue weighted by molar-refractivity contribution is 1.58. The van der Waals surface area contributed by atoms with Crippen LogP contribution in [0.3, 0.4) is 0 Å². The van der Waals surface area contributed by atoms with Crippen LogP contribution in [0.2, 0.25) is 0 Å². The molecule has 0 aliphatic rings. The average Bonchev–Trinajstić information content (AvgIpc) is 3.22. The summed E-state index contributed by atoms with van der Waals surface area (Å²) in [6.45, 7) is 0. The Hall–Kier alpha value is -6.76. The van der Waals surface area contributed by atoms with Gasteiger partial charge in [-0.05, 0) is 135 Å². The molecule has 0 aromatic heterocycles. The van der Waals surface area contributed by atoms with Crippen molar-refractivity contribution in [1.29, 1.82) is 0 Å². The number of hydrogen-bond donors (Lipinski definition) is 0. The van der Waals surface area contributed by atoms with Gasteiger partial charge in [0.05, 0.1) is 0 Å².